The van der Waals surface area contributed by atoms with Crippen LogP contribution in [-0.4, -0.2) is 37.3 Å². The van der Waals surface area contributed by atoms with Crippen LogP contribution >= 0.6 is 0 Å². The van der Waals surface area contributed by atoms with Crippen LogP contribution in [0.5, 0.6) is 0 Å². The van der Waals surface area contributed by atoms with Crippen molar-refractivity contribution in [2.75, 3.05) is 19.8 Å². The van der Waals surface area contributed by atoms with Crippen molar-refractivity contribution in [3.05, 3.63) is 48.0 Å². The second-order valence-electron chi connectivity index (χ2n) is 5.78. The lowest BCUT2D eigenvalue weighted by Gasteiger charge is -2.22. The molecule has 1 fully saturated rings. The highest BCUT2D eigenvalue weighted by atomic mass is 16.7. The lowest BCUT2D eigenvalue weighted by molar-refractivity contribution is -0.161. The van der Waals surface area contributed by atoms with Crippen LogP contribution in [0.2, 0.25) is 0 Å². The number of aliphatic hydroxyl groups excluding tert-OH is 1. The quantitative estimate of drug-likeness (QED) is 0.530. The summed E-state index contributed by atoms with van der Waals surface area (Å²) in [6, 6.07) is 10.0. The summed E-state index contributed by atoms with van der Waals surface area (Å²) in [6.45, 7) is 2.58. The van der Waals surface area contributed by atoms with Gasteiger partial charge in [-0.1, -0.05) is 42.5 Å². The van der Waals surface area contributed by atoms with E-state index in [1.807, 2.05) is 42.5 Å². The zero-order valence-electron chi connectivity index (χ0n) is 13.7. The Kier molecular flexibility index (Phi) is 8.96. The molecule has 0 aromatic heterocycles. The first-order valence-corrected chi connectivity index (χ1v) is 8.54. The summed E-state index contributed by atoms with van der Waals surface area (Å²) < 4.78 is 16.7. The molecule has 1 aliphatic rings. The summed E-state index contributed by atoms with van der Waals surface area (Å²) in [5, 5.41) is 9.86. The predicted octanol–water partition coefficient (Wildman–Crippen LogP) is 3.44. The standard InChI is InChI=1S/C19H28O4/c20-18(12-15-21-16-17-8-2-1-3-9-17)10-4-6-13-22-19-11-5-7-14-23-19/h1-4,8-10,18-20H,5-7,11-16H2/b10-4+. The first-order valence-electron chi connectivity index (χ1n) is 8.54. The molecule has 0 saturated carbocycles. The first kappa shape index (κ1) is 18.1. The molecule has 4 heteroatoms. The van der Waals surface area contributed by atoms with Crippen molar-refractivity contribution < 1.29 is 19.3 Å². The van der Waals surface area contributed by atoms with Gasteiger partial charge in [-0.05, 0) is 31.2 Å². The fourth-order valence-electron chi connectivity index (χ4n) is 2.43. The van der Waals surface area contributed by atoms with E-state index in [4.69, 9.17) is 14.2 Å². The van der Waals surface area contributed by atoms with Crippen LogP contribution in [0.3, 0.4) is 0 Å². The van der Waals surface area contributed by atoms with Gasteiger partial charge in [0.05, 0.1) is 19.3 Å². The van der Waals surface area contributed by atoms with E-state index in [1.165, 1.54) is 6.42 Å². The molecule has 0 radical (unpaired) electrons. The fourth-order valence-corrected chi connectivity index (χ4v) is 2.43. The molecule has 0 spiro atoms. The normalized spacial score (nSPS) is 20.0. The van der Waals surface area contributed by atoms with Gasteiger partial charge in [-0.25, -0.2) is 0 Å². The Labute approximate surface area is 139 Å². The van der Waals surface area contributed by atoms with Crippen LogP contribution in [0.15, 0.2) is 42.5 Å². The summed E-state index contributed by atoms with van der Waals surface area (Å²) in [5.74, 6) is 0. The average molecular weight is 320 g/mol. The van der Waals surface area contributed by atoms with E-state index in [0.717, 1.165) is 31.4 Å². The zero-order valence-corrected chi connectivity index (χ0v) is 13.7. The molecule has 0 amide bonds. The first-order chi connectivity index (χ1) is 11.3. The van der Waals surface area contributed by atoms with E-state index < -0.39 is 6.10 Å². The lowest BCUT2D eigenvalue weighted by atomic mass is 10.2. The van der Waals surface area contributed by atoms with Gasteiger partial charge in [-0.15, -0.1) is 0 Å². The molecule has 2 atom stereocenters. The molecule has 1 aromatic rings. The smallest absolute Gasteiger partial charge is 0.157 e. The van der Waals surface area contributed by atoms with Gasteiger partial charge in [0, 0.05) is 19.6 Å². The van der Waals surface area contributed by atoms with Gasteiger partial charge in [0.15, 0.2) is 6.29 Å². The topological polar surface area (TPSA) is 47.9 Å². The summed E-state index contributed by atoms with van der Waals surface area (Å²) in [6.07, 6.45) is 8.00. The molecule has 4 nitrogen and oxygen atoms in total. The Hall–Kier alpha value is -1.20. The number of ether oxygens (including phenoxy) is 3. The molecule has 1 saturated heterocycles. The van der Waals surface area contributed by atoms with E-state index >= 15 is 0 Å². The van der Waals surface area contributed by atoms with Gasteiger partial charge in [-0.2, -0.15) is 0 Å². The summed E-state index contributed by atoms with van der Waals surface area (Å²) in [4.78, 5) is 0. The van der Waals surface area contributed by atoms with Gasteiger partial charge in [0.2, 0.25) is 0 Å². The number of hydrogen-bond acceptors (Lipinski definition) is 4. The Morgan fingerprint density at radius 1 is 1.22 bits per heavy atom. The van der Waals surface area contributed by atoms with Crippen molar-refractivity contribution in [2.24, 2.45) is 0 Å². The van der Waals surface area contributed by atoms with E-state index in [1.54, 1.807) is 0 Å². The molecule has 2 rings (SSSR count). The Bertz CT molecular complexity index is 426. The lowest BCUT2D eigenvalue weighted by Crippen LogP contribution is -2.22. The van der Waals surface area contributed by atoms with Crippen LogP contribution in [-0.2, 0) is 20.8 Å². The van der Waals surface area contributed by atoms with Gasteiger partial charge < -0.3 is 19.3 Å². The molecule has 1 N–H and O–H groups in total. The number of benzene rings is 1. The molecular weight excluding hydrogens is 292 g/mol. The molecule has 1 heterocycles. The van der Waals surface area contributed by atoms with Crippen LogP contribution in [0, 0.1) is 0 Å². The van der Waals surface area contributed by atoms with Crippen LogP contribution < -0.4 is 0 Å². The van der Waals surface area contributed by atoms with Crippen molar-refractivity contribution in [1.29, 1.82) is 0 Å². The van der Waals surface area contributed by atoms with E-state index in [2.05, 4.69) is 0 Å². The molecule has 0 bridgehead atoms. The summed E-state index contributed by atoms with van der Waals surface area (Å²) in [5.41, 5.74) is 1.15. The van der Waals surface area contributed by atoms with Crippen molar-refractivity contribution in [3.63, 3.8) is 0 Å². The SMILES string of the molecule is OC(/C=C/CCOC1CCCCO1)CCOCc1ccccc1. The third-order valence-electron chi connectivity index (χ3n) is 3.75. The third kappa shape index (κ3) is 8.28. The predicted molar refractivity (Wildman–Crippen MR) is 90.0 cm³/mol. The van der Waals surface area contributed by atoms with E-state index in [-0.39, 0.29) is 6.29 Å². The zero-order chi connectivity index (χ0) is 16.2. The van der Waals surface area contributed by atoms with Crippen LogP contribution in [0.25, 0.3) is 0 Å². The number of hydrogen-bond donors (Lipinski definition) is 1. The van der Waals surface area contributed by atoms with Crippen molar-refractivity contribution in [3.8, 4) is 0 Å². The minimum atomic E-state index is -0.461. The molecule has 128 valence electrons. The number of aliphatic hydroxyl groups is 1. The summed E-state index contributed by atoms with van der Waals surface area (Å²) in [7, 11) is 0. The minimum absolute atomic E-state index is 0.0338. The molecular formula is C19H28O4. The number of rotatable bonds is 10. The van der Waals surface area contributed by atoms with Crippen molar-refractivity contribution in [2.45, 2.75) is 51.1 Å². The Balaban J connectivity index is 1.46. The van der Waals surface area contributed by atoms with Gasteiger partial charge in [-0.3, -0.25) is 0 Å². The second-order valence-corrected chi connectivity index (χ2v) is 5.78. The average Bonchev–Trinajstić information content (AvgIpc) is 2.60. The molecule has 2 unspecified atom stereocenters. The second kappa shape index (κ2) is 11.4. The minimum Gasteiger partial charge on any atom is -0.389 e. The van der Waals surface area contributed by atoms with Crippen LogP contribution in [0.1, 0.15) is 37.7 Å². The van der Waals surface area contributed by atoms with Crippen molar-refractivity contribution >= 4 is 0 Å². The van der Waals surface area contributed by atoms with E-state index in [0.29, 0.717) is 26.2 Å². The Morgan fingerprint density at radius 2 is 2.09 bits per heavy atom. The van der Waals surface area contributed by atoms with Gasteiger partial charge in [0.25, 0.3) is 0 Å². The summed E-state index contributed by atoms with van der Waals surface area (Å²) >= 11 is 0. The van der Waals surface area contributed by atoms with E-state index in [9.17, 15) is 5.11 Å². The highest BCUT2D eigenvalue weighted by molar-refractivity contribution is 5.13. The van der Waals surface area contributed by atoms with Crippen molar-refractivity contribution in [1.82, 2.24) is 0 Å². The Morgan fingerprint density at radius 3 is 2.87 bits per heavy atom. The molecule has 0 aliphatic carbocycles. The molecule has 1 aliphatic heterocycles. The maximum absolute atomic E-state index is 9.86. The highest BCUT2D eigenvalue weighted by Crippen LogP contribution is 2.13. The monoisotopic (exact) mass is 320 g/mol. The maximum Gasteiger partial charge on any atom is 0.157 e. The van der Waals surface area contributed by atoms with Gasteiger partial charge >= 0.3 is 0 Å². The fraction of sp³-hybridized carbons (Fsp3) is 0.579. The largest absolute Gasteiger partial charge is 0.389 e. The van der Waals surface area contributed by atoms with Gasteiger partial charge in [0.1, 0.15) is 0 Å². The molecule has 1 aromatic carbocycles. The highest BCUT2D eigenvalue weighted by Gasteiger charge is 2.12. The maximum atomic E-state index is 9.86. The molecule has 23 heavy (non-hydrogen) atoms. The third-order valence-corrected chi connectivity index (χ3v) is 3.75. The van der Waals surface area contributed by atoms with Crippen LogP contribution in [0.4, 0.5) is 0 Å².